The van der Waals surface area contributed by atoms with Crippen LogP contribution in [0.25, 0.3) is 0 Å². The van der Waals surface area contributed by atoms with E-state index in [1.807, 2.05) is 43.3 Å². The Labute approximate surface area is 231 Å². The minimum Gasteiger partial charge on any atom is -0.494 e. The van der Waals surface area contributed by atoms with Crippen LogP contribution in [-0.2, 0) is 16.2 Å². The van der Waals surface area contributed by atoms with E-state index in [0.29, 0.717) is 36.0 Å². The first-order chi connectivity index (χ1) is 19.5. The quantitative estimate of drug-likeness (QED) is 0.150. The minimum atomic E-state index is -0.999. The molecule has 0 aromatic heterocycles. The minimum absolute atomic E-state index is 0.176. The van der Waals surface area contributed by atoms with Gasteiger partial charge >= 0.3 is 11.8 Å². The molecular formula is C31H28N4O5. The second-order valence-corrected chi connectivity index (χ2v) is 8.42. The summed E-state index contributed by atoms with van der Waals surface area (Å²) >= 11 is 0. The lowest BCUT2D eigenvalue weighted by atomic mass is 10.1. The predicted octanol–water partition coefficient (Wildman–Crippen LogP) is 5.01. The predicted molar refractivity (Wildman–Crippen MR) is 154 cm³/mol. The number of amides is 3. The summed E-state index contributed by atoms with van der Waals surface area (Å²) in [7, 11) is 0. The van der Waals surface area contributed by atoms with Crippen LogP contribution in [0.5, 0.6) is 11.5 Å². The molecule has 0 heterocycles. The van der Waals surface area contributed by atoms with Crippen molar-refractivity contribution in [2.75, 3.05) is 17.2 Å². The number of hydrogen-bond acceptors (Lipinski definition) is 6. The Bertz CT molecular complexity index is 1490. The van der Waals surface area contributed by atoms with Crippen molar-refractivity contribution >= 4 is 35.3 Å². The van der Waals surface area contributed by atoms with Crippen molar-refractivity contribution in [2.45, 2.75) is 13.5 Å². The zero-order valence-corrected chi connectivity index (χ0v) is 21.8. The Morgan fingerprint density at radius 2 is 1.45 bits per heavy atom. The Morgan fingerprint density at radius 3 is 2.23 bits per heavy atom. The third-order valence-corrected chi connectivity index (χ3v) is 5.58. The van der Waals surface area contributed by atoms with Gasteiger partial charge in [-0.05, 0) is 61.0 Å². The number of benzene rings is 4. The zero-order valence-electron chi connectivity index (χ0n) is 21.8. The summed E-state index contributed by atoms with van der Waals surface area (Å²) in [4.78, 5) is 37.8. The molecule has 4 rings (SSSR count). The number of hydrogen-bond donors (Lipinski definition) is 3. The molecule has 4 aromatic rings. The summed E-state index contributed by atoms with van der Waals surface area (Å²) < 4.78 is 11.3. The lowest BCUT2D eigenvalue weighted by Crippen LogP contribution is -2.33. The monoisotopic (exact) mass is 536 g/mol. The molecule has 0 aliphatic rings. The molecule has 0 aliphatic carbocycles. The van der Waals surface area contributed by atoms with Gasteiger partial charge in [0.2, 0.25) is 0 Å². The number of anilines is 2. The Balaban J connectivity index is 1.34. The fraction of sp³-hybridized carbons (Fsp3) is 0.0968. The maximum Gasteiger partial charge on any atom is 0.329 e. The third kappa shape index (κ3) is 7.78. The van der Waals surface area contributed by atoms with Crippen LogP contribution < -0.4 is 25.5 Å². The number of rotatable bonds is 10. The van der Waals surface area contributed by atoms with Crippen molar-refractivity contribution < 1.29 is 23.9 Å². The van der Waals surface area contributed by atoms with Crippen molar-refractivity contribution in [3.05, 3.63) is 120 Å². The maximum atomic E-state index is 12.9. The molecule has 3 N–H and O–H groups in total. The highest BCUT2D eigenvalue weighted by atomic mass is 16.5. The van der Waals surface area contributed by atoms with E-state index in [1.54, 1.807) is 60.7 Å². The van der Waals surface area contributed by atoms with Gasteiger partial charge in [-0.2, -0.15) is 5.10 Å². The van der Waals surface area contributed by atoms with E-state index < -0.39 is 17.7 Å². The van der Waals surface area contributed by atoms with Crippen molar-refractivity contribution in [1.82, 2.24) is 5.43 Å². The number of ether oxygens (including phenoxy) is 2. The Morgan fingerprint density at radius 1 is 0.750 bits per heavy atom. The van der Waals surface area contributed by atoms with E-state index in [2.05, 4.69) is 21.2 Å². The number of carbonyl (C=O) groups excluding carboxylic acids is 3. The van der Waals surface area contributed by atoms with Crippen LogP contribution in [0.4, 0.5) is 11.4 Å². The molecule has 0 unspecified atom stereocenters. The van der Waals surface area contributed by atoms with Gasteiger partial charge in [0.05, 0.1) is 24.1 Å². The third-order valence-electron chi connectivity index (χ3n) is 5.58. The molecule has 3 amide bonds. The van der Waals surface area contributed by atoms with Crippen LogP contribution >= 0.6 is 0 Å². The molecule has 40 heavy (non-hydrogen) atoms. The van der Waals surface area contributed by atoms with E-state index in [4.69, 9.17) is 9.47 Å². The van der Waals surface area contributed by atoms with Crippen molar-refractivity contribution in [2.24, 2.45) is 5.10 Å². The van der Waals surface area contributed by atoms with Gasteiger partial charge in [0, 0.05) is 11.3 Å². The standard InChI is InChI=1S/C31H28N4O5/c1-2-39-25-18-16-24(17-19-25)33-29(36)26-13-7-8-14-27(26)34-30(37)31(38)35-32-20-23-12-6-9-15-28(23)40-21-22-10-4-3-5-11-22/h3-20H,2,21H2,1H3,(H,33,36)(H,34,37)(H,35,38)/b32-20-. The highest BCUT2D eigenvalue weighted by Gasteiger charge is 2.18. The molecule has 0 fully saturated rings. The zero-order chi connectivity index (χ0) is 28.2. The summed E-state index contributed by atoms with van der Waals surface area (Å²) in [6.07, 6.45) is 1.39. The van der Waals surface area contributed by atoms with E-state index >= 15 is 0 Å². The Hall–Kier alpha value is -5.44. The lowest BCUT2D eigenvalue weighted by molar-refractivity contribution is -0.136. The molecule has 0 radical (unpaired) electrons. The van der Waals surface area contributed by atoms with E-state index in [0.717, 1.165) is 5.56 Å². The van der Waals surface area contributed by atoms with Crippen molar-refractivity contribution in [3.8, 4) is 11.5 Å². The molecule has 0 aliphatic heterocycles. The molecular weight excluding hydrogens is 508 g/mol. The molecule has 9 heteroatoms. The molecule has 0 saturated heterocycles. The normalized spacial score (nSPS) is 10.5. The average molecular weight is 537 g/mol. The molecule has 0 atom stereocenters. The molecule has 9 nitrogen and oxygen atoms in total. The van der Waals surface area contributed by atoms with Gasteiger partial charge in [-0.1, -0.05) is 54.6 Å². The van der Waals surface area contributed by atoms with Gasteiger partial charge in [0.15, 0.2) is 0 Å². The molecule has 0 bridgehead atoms. The summed E-state index contributed by atoms with van der Waals surface area (Å²) in [5.41, 5.74) is 4.75. The van der Waals surface area contributed by atoms with Crippen LogP contribution in [0.2, 0.25) is 0 Å². The van der Waals surface area contributed by atoms with Gasteiger partial charge in [0.1, 0.15) is 18.1 Å². The SMILES string of the molecule is CCOc1ccc(NC(=O)c2ccccc2NC(=O)C(=O)N/N=C\c2ccccc2OCc2ccccc2)cc1. The van der Waals surface area contributed by atoms with Gasteiger partial charge in [-0.3, -0.25) is 14.4 Å². The first-order valence-electron chi connectivity index (χ1n) is 12.6. The average Bonchev–Trinajstić information content (AvgIpc) is 2.98. The molecule has 0 spiro atoms. The molecule has 0 saturated carbocycles. The smallest absolute Gasteiger partial charge is 0.329 e. The largest absolute Gasteiger partial charge is 0.494 e. The van der Waals surface area contributed by atoms with Gasteiger partial charge in [-0.25, -0.2) is 5.43 Å². The van der Waals surface area contributed by atoms with Crippen LogP contribution in [0.1, 0.15) is 28.4 Å². The number of hydrazone groups is 1. The van der Waals surface area contributed by atoms with E-state index in [9.17, 15) is 14.4 Å². The number of nitrogens with one attached hydrogen (secondary N) is 3. The summed E-state index contributed by atoms with van der Waals surface area (Å²) in [6, 6.07) is 30.2. The van der Waals surface area contributed by atoms with Gasteiger partial charge in [0.25, 0.3) is 5.91 Å². The van der Waals surface area contributed by atoms with Gasteiger partial charge in [-0.15, -0.1) is 0 Å². The number of carbonyl (C=O) groups is 3. The first-order valence-corrected chi connectivity index (χ1v) is 12.6. The van der Waals surface area contributed by atoms with Crippen LogP contribution in [0.15, 0.2) is 108 Å². The number of para-hydroxylation sites is 2. The highest BCUT2D eigenvalue weighted by molar-refractivity contribution is 6.40. The summed E-state index contributed by atoms with van der Waals surface area (Å²) in [5, 5.41) is 9.14. The second-order valence-electron chi connectivity index (χ2n) is 8.42. The van der Waals surface area contributed by atoms with Crippen LogP contribution in [0, 0.1) is 0 Å². The second kappa shape index (κ2) is 13.9. The Kier molecular flexibility index (Phi) is 9.60. The lowest BCUT2D eigenvalue weighted by Gasteiger charge is -2.11. The molecule has 202 valence electrons. The van der Waals surface area contributed by atoms with E-state index in [1.165, 1.54) is 12.3 Å². The topological polar surface area (TPSA) is 118 Å². The molecule has 4 aromatic carbocycles. The first kappa shape index (κ1) is 27.6. The summed E-state index contributed by atoms with van der Waals surface area (Å²) in [5.74, 6) is -1.18. The van der Waals surface area contributed by atoms with Crippen LogP contribution in [0.3, 0.4) is 0 Å². The van der Waals surface area contributed by atoms with Crippen LogP contribution in [-0.4, -0.2) is 30.5 Å². The fourth-order valence-corrected chi connectivity index (χ4v) is 3.63. The summed E-state index contributed by atoms with van der Waals surface area (Å²) in [6.45, 7) is 2.79. The fourth-order valence-electron chi connectivity index (χ4n) is 3.63. The highest BCUT2D eigenvalue weighted by Crippen LogP contribution is 2.20. The van der Waals surface area contributed by atoms with Gasteiger partial charge < -0.3 is 20.1 Å². The van der Waals surface area contributed by atoms with E-state index in [-0.39, 0.29) is 11.3 Å². The maximum absolute atomic E-state index is 12.9. The van der Waals surface area contributed by atoms with Crippen molar-refractivity contribution in [3.63, 3.8) is 0 Å². The van der Waals surface area contributed by atoms with Crippen molar-refractivity contribution in [1.29, 1.82) is 0 Å². The number of nitrogens with zero attached hydrogens (tertiary/aromatic N) is 1.